The molecular weight excluding hydrogens is 635 g/mol. The highest BCUT2D eigenvalue weighted by molar-refractivity contribution is 6.30. The molecular formula is C35H31ClF3N3O5. The maximum Gasteiger partial charge on any atom is 0.573 e. The van der Waals surface area contributed by atoms with Gasteiger partial charge in [-0.3, -0.25) is 14.3 Å². The molecule has 2 N–H and O–H groups in total. The van der Waals surface area contributed by atoms with Gasteiger partial charge in [0.25, 0.3) is 5.91 Å². The highest BCUT2D eigenvalue weighted by atomic mass is 35.5. The van der Waals surface area contributed by atoms with Crippen molar-refractivity contribution in [3.63, 3.8) is 0 Å². The minimum absolute atomic E-state index is 0.0167. The van der Waals surface area contributed by atoms with E-state index in [0.29, 0.717) is 39.4 Å². The van der Waals surface area contributed by atoms with E-state index >= 15 is 0 Å². The Hall–Kier alpha value is -5.03. The van der Waals surface area contributed by atoms with Crippen molar-refractivity contribution in [3.05, 3.63) is 101 Å². The number of carboxylic acid groups (broad SMARTS) is 1. The minimum Gasteiger partial charge on any atom is -0.493 e. The molecule has 4 aromatic carbocycles. The van der Waals surface area contributed by atoms with Crippen LogP contribution in [0.1, 0.15) is 48.7 Å². The summed E-state index contributed by atoms with van der Waals surface area (Å²) in [6.45, 7) is 4.46. The molecule has 0 aliphatic rings. The molecule has 244 valence electrons. The van der Waals surface area contributed by atoms with Gasteiger partial charge in [-0.1, -0.05) is 48.9 Å². The Morgan fingerprint density at radius 3 is 2.40 bits per heavy atom. The van der Waals surface area contributed by atoms with Crippen LogP contribution in [0.25, 0.3) is 33.3 Å². The first kappa shape index (κ1) is 33.3. The summed E-state index contributed by atoms with van der Waals surface area (Å²) in [6.07, 6.45) is -4.18. The average molecular weight is 666 g/mol. The Morgan fingerprint density at radius 1 is 0.979 bits per heavy atom. The minimum atomic E-state index is -4.80. The van der Waals surface area contributed by atoms with Crippen LogP contribution in [0.5, 0.6) is 11.5 Å². The first-order valence-corrected chi connectivity index (χ1v) is 15.2. The number of hydrogen-bond acceptors (Lipinski definition) is 5. The zero-order valence-electron chi connectivity index (χ0n) is 25.5. The third kappa shape index (κ3) is 8.23. The van der Waals surface area contributed by atoms with E-state index < -0.39 is 12.3 Å². The third-order valence-corrected chi connectivity index (χ3v) is 7.64. The van der Waals surface area contributed by atoms with Crippen molar-refractivity contribution < 1.29 is 37.3 Å². The Balaban J connectivity index is 1.54. The first-order valence-electron chi connectivity index (χ1n) is 14.8. The second-order valence-electron chi connectivity index (χ2n) is 10.8. The van der Waals surface area contributed by atoms with Crippen LogP contribution in [0, 0.1) is 0 Å². The smallest absolute Gasteiger partial charge is 0.493 e. The molecule has 0 saturated carbocycles. The fourth-order valence-corrected chi connectivity index (χ4v) is 5.26. The largest absolute Gasteiger partial charge is 0.573 e. The number of halogens is 4. The second-order valence-corrected chi connectivity index (χ2v) is 11.3. The lowest BCUT2D eigenvalue weighted by atomic mass is 10.0. The maximum atomic E-state index is 12.8. The van der Waals surface area contributed by atoms with Crippen LogP contribution in [0.4, 0.5) is 13.2 Å². The van der Waals surface area contributed by atoms with Crippen molar-refractivity contribution in [1.82, 2.24) is 15.1 Å². The molecule has 0 saturated heterocycles. The maximum absolute atomic E-state index is 12.8. The Labute approximate surface area is 273 Å². The molecule has 0 bridgehead atoms. The van der Waals surface area contributed by atoms with Gasteiger partial charge in [-0.25, -0.2) is 0 Å². The number of carboxylic acids is 1. The van der Waals surface area contributed by atoms with E-state index in [1.54, 1.807) is 36.4 Å². The van der Waals surface area contributed by atoms with Crippen LogP contribution in [0.3, 0.4) is 0 Å². The Morgan fingerprint density at radius 2 is 1.70 bits per heavy atom. The predicted molar refractivity (Wildman–Crippen MR) is 173 cm³/mol. The molecule has 5 aromatic rings. The standard InChI is InChI=1S/C35H31ClF3N3O5/c1-3-16-46-32-19-27(36)11-13-29(32)30-20-31(26-9-8-25-18-28(47-35(37,38)39)12-10-24(25)17-26)42(41-30)21(2)22-4-6-23(7-5-22)34(45)40-15-14-33(43)44/h4-13,17-21H,3,14-16H2,1-2H3,(H,40,45)(H,43,44)/t21-/m0/s1. The van der Waals surface area contributed by atoms with Crippen molar-refractivity contribution >= 4 is 34.2 Å². The van der Waals surface area contributed by atoms with E-state index in [4.69, 9.17) is 26.5 Å². The second kappa shape index (κ2) is 14.2. The first-order chi connectivity index (χ1) is 22.4. The predicted octanol–water partition coefficient (Wildman–Crippen LogP) is 8.52. The van der Waals surface area contributed by atoms with Crippen molar-refractivity contribution in [3.8, 4) is 34.0 Å². The van der Waals surface area contributed by atoms with Crippen molar-refractivity contribution in [2.45, 2.75) is 39.1 Å². The average Bonchev–Trinajstić information content (AvgIpc) is 3.47. The van der Waals surface area contributed by atoms with Crippen LogP contribution in [-0.2, 0) is 4.79 Å². The number of ether oxygens (including phenoxy) is 2. The molecule has 0 unspecified atom stereocenters. The molecule has 1 atom stereocenters. The normalized spacial score (nSPS) is 12.1. The highest BCUT2D eigenvalue weighted by Crippen LogP contribution is 2.37. The van der Waals surface area contributed by atoms with Crippen LogP contribution >= 0.6 is 11.6 Å². The highest BCUT2D eigenvalue weighted by Gasteiger charge is 2.31. The molecule has 1 aromatic heterocycles. The number of nitrogens with zero attached hydrogens (tertiary/aromatic N) is 2. The summed E-state index contributed by atoms with van der Waals surface area (Å²) in [5.74, 6) is -1.11. The topological polar surface area (TPSA) is 103 Å². The molecule has 8 nitrogen and oxygen atoms in total. The molecule has 1 heterocycles. The van der Waals surface area contributed by atoms with Gasteiger partial charge in [0.1, 0.15) is 11.5 Å². The molecule has 12 heteroatoms. The number of aromatic nitrogens is 2. The number of fused-ring (bicyclic) bond motifs is 1. The number of nitrogens with one attached hydrogen (secondary N) is 1. The SMILES string of the molecule is CCCOc1cc(Cl)ccc1-c1cc(-c2ccc3cc(OC(F)(F)F)ccc3c2)n([C@@H](C)c2ccc(C(=O)NCCC(=O)O)cc2)n1. The van der Waals surface area contributed by atoms with Crippen LogP contribution in [0.2, 0.25) is 5.02 Å². The van der Waals surface area contributed by atoms with Gasteiger partial charge >= 0.3 is 12.3 Å². The number of amides is 1. The molecule has 5 rings (SSSR count). The lowest BCUT2D eigenvalue weighted by molar-refractivity contribution is -0.274. The number of carbonyl (C=O) groups is 2. The fourth-order valence-electron chi connectivity index (χ4n) is 5.10. The van der Waals surface area contributed by atoms with Crippen LogP contribution < -0.4 is 14.8 Å². The molecule has 0 aliphatic carbocycles. The van der Waals surface area contributed by atoms with Crippen molar-refractivity contribution in [2.24, 2.45) is 0 Å². The summed E-state index contributed by atoms with van der Waals surface area (Å²) in [4.78, 5) is 23.3. The van der Waals surface area contributed by atoms with Gasteiger partial charge in [-0.05, 0) is 84.3 Å². The number of alkyl halides is 3. The van der Waals surface area contributed by atoms with Gasteiger partial charge in [0.15, 0.2) is 0 Å². The number of benzene rings is 4. The van der Waals surface area contributed by atoms with E-state index in [-0.39, 0.29) is 30.7 Å². The summed E-state index contributed by atoms with van der Waals surface area (Å²) in [7, 11) is 0. The number of aliphatic carboxylic acids is 1. The van der Waals surface area contributed by atoms with E-state index in [0.717, 1.165) is 28.8 Å². The summed E-state index contributed by atoms with van der Waals surface area (Å²) in [5, 5.41) is 18.2. The third-order valence-electron chi connectivity index (χ3n) is 7.40. The van der Waals surface area contributed by atoms with Gasteiger partial charge in [-0.2, -0.15) is 5.10 Å². The lowest BCUT2D eigenvalue weighted by Crippen LogP contribution is -2.26. The Bertz CT molecular complexity index is 1910. The van der Waals surface area contributed by atoms with E-state index in [1.807, 2.05) is 54.9 Å². The van der Waals surface area contributed by atoms with Gasteiger partial charge < -0.3 is 19.9 Å². The molecule has 1 amide bonds. The van der Waals surface area contributed by atoms with Crippen molar-refractivity contribution in [1.29, 1.82) is 0 Å². The zero-order chi connectivity index (χ0) is 33.7. The lowest BCUT2D eigenvalue weighted by Gasteiger charge is -2.17. The number of rotatable bonds is 12. The van der Waals surface area contributed by atoms with E-state index in [9.17, 15) is 22.8 Å². The number of carbonyl (C=O) groups excluding carboxylic acids is 1. The monoisotopic (exact) mass is 665 g/mol. The van der Waals surface area contributed by atoms with Crippen molar-refractivity contribution in [2.75, 3.05) is 13.2 Å². The fraction of sp³-hybridized carbons (Fsp3) is 0.229. The summed E-state index contributed by atoms with van der Waals surface area (Å²) in [5.41, 5.74) is 4.09. The van der Waals surface area contributed by atoms with Gasteiger partial charge in [0.05, 0.1) is 30.5 Å². The van der Waals surface area contributed by atoms with Crippen LogP contribution in [0.15, 0.2) is 84.9 Å². The quantitative estimate of drug-likeness (QED) is 0.139. The molecule has 0 fully saturated rings. The molecule has 0 aliphatic heterocycles. The summed E-state index contributed by atoms with van der Waals surface area (Å²) >= 11 is 6.29. The van der Waals surface area contributed by atoms with Gasteiger partial charge in [0, 0.05) is 28.3 Å². The molecule has 0 spiro atoms. The summed E-state index contributed by atoms with van der Waals surface area (Å²) < 4.78 is 50.3. The zero-order valence-corrected chi connectivity index (χ0v) is 26.2. The van der Waals surface area contributed by atoms with Crippen LogP contribution in [-0.4, -0.2) is 46.3 Å². The van der Waals surface area contributed by atoms with Gasteiger partial charge in [-0.15, -0.1) is 13.2 Å². The van der Waals surface area contributed by atoms with E-state index in [2.05, 4.69) is 10.1 Å². The summed E-state index contributed by atoms with van der Waals surface area (Å²) in [6, 6.07) is 23.5. The van der Waals surface area contributed by atoms with E-state index in [1.165, 1.54) is 12.1 Å². The number of hydrogen-bond donors (Lipinski definition) is 2. The molecule has 47 heavy (non-hydrogen) atoms. The van der Waals surface area contributed by atoms with Gasteiger partial charge in [0.2, 0.25) is 0 Å². The Kier molecular flexibility index (Phi) is 10.0. The molecule has 0 radical (unpaired) electrons.